The third-order valence-electron chi connectivity index (χ3n) is 2.62. The number of nitrogens with zero attached hydrogens (tertiary/aromatic N) is 1. The fourth-order valence-corrected chi connectivity index (χ4v) is 1.58. The summed E-state index contributed by atoms with van der Waals surface area (Å²) in [5.74, 6) is 0. The predicted octanol–water partition coefficient (Wildman–Crippen LogP) is 0.874. The lowest BCUT2D eigenvalue weighted by molar-refractivity contribution is -0.104. The van der Waals surface area contributed by atoms with E-state index >= 15 is 0 Å². The molecule has 2 atom stereocenters. The van der Waals surface area contributed by atoms with Gasteiger partial charge in [-0.2, -0.15) is 0 Å². The van der Waals surface area contributed by atoms with Gasteiger partial charge in [-0.3, -0.25) is 4.90 Å². The number of aliphatic hydroxyl groups is 2. The van der Waals surface area contributed by atoms with Gasteiger partial charge in [0, 0.05) is 6.54 Å². The van der Waals surface area contributed by atoms with Gasteiger partial charge in [0.15, 0.2) is 0 Å². The Hall–Kier alpha value is -0.160. The molecule has 0 rings (SSSR count). The summed E-state index contributed by atoms with van der Waals surface area (Å²) in [4.78, 5) is 1.76. The molecule has 0 radical (unpaired) electrons. The Kier molecular flexibility index (Phi) is 9.00. The molecular weight excluding hydrogens is 192 g/mol. The van der Waals surface area contributed by atoms with Crippen molar-refractivity contribution >= 4 is 0 Å². The van der Waals surface area contributed by atoms with E-state index in [1.807, 2.05) is 13.8 Å². The van der Waals surface area contributed by atoms with Crippen molar-refractivity contribution in [2.45, 2.75) is 58.4 Å². The lowest BCUT2D eigenvalue weighted by Crippen LogP contribution is -2.43. The Labute approximate surface area is 93.1 Å². The highest BCUT2D eigenvalue weighted by Crippen LogP contribution is 2.10. The summed E-state index contributed by atoms with van der Waals surface area (Å²) in [7, 11) is 0. The van der Waals surface area contributed by atoms with E-state index in [1.54, 1.807) is 4.90 Å². The van der Waals surface area contributed by atoms with Crippen LogP contribution < -0.4 is 5.73 Å². The first-order valence-electron chi connectivity index (χ1n) is 5.99. The van der Waals surface area contributed by atoms with Crippen LogP contribution in [0.5, 0.6) is 0 Å². The molecule has 15 heavy (non-hydrogen) atoms. The molecule has 92 valence electrons. The van der Waals surface area contributed by atoms with Crippen LogP contribution in [0, 0.1) is 0 Å². The Balaban J connectivity index is 3.90. The summed E-state index contributed by atoms with van der Waals surface area (Å²) in [6.07, 6.45) is 3.28. The highest BCUT2D eigenvalue weighted by Gasteiger charge is 2.19. The molecule has 0 aliphatic carbocycles. The fraction of sp³-hybridized carbons (Fsp3) is 1.00. The Morgan fingerprint density at radius 2 is 1.53 bits per heavy atom. The molecule has 4 heteroatoms. The van der Waals surface area contributed by atoms with Crippen molar-refractivity contribution in [2.75, 3.05) is 13.1 Å². The predicted molar refractivity (Wildman–Crippen MR) is 62.2 cm³/mol. The zero-order chi connectivity index (χ0) is 11.7. The Bertz CT molecular complexity index is 135. The van der Waals surface area contributed by atoms with Gasteiger partial charge in [-0.15, -0.1) is 0 Å². The summed E-state index contributed by atoms with van der Waals surface area (Å²) in [5.41, 5.74) is 5.40. The lowest BCUT2D eigenvalue weighted by Gasteiger charge is -2.31. The lowest BCUT2D eigenvalue weighted by atomic mass is 10.2. The molecule has 0 amide bonds. The first-order valence-corrected chi connectivity index (χ1v) is 5.99. The molecule has 0 aliphatic rings. The number of hydrogen-bond acceptors (Lipinski definition) is 4. The van der Waals surface area contributed by atoms with E-state index in [1.165, 1.54) is 0 Å². The third-order valence-corrected chi connectivity index (χ3v) is 2.62. The first-order chi connectivity index (χ1) is 7.17. The zero-order valence-corrected chi connectivity index (χ0v) is 10.0. The molecule has 0 saturated carbocycles. The van der Waals surface area contributed by atoms with Crippen LogP contribution in [0.4, 0.5) is 0 Å². The van der Waals surface area contributed by atoms with Crippen molar-refractivity contribution in [3.63, 3.8) is 0 Å². The van der Waals surface area contributed by atoms with Crippen molar-refractivity contribution in [2.24, 2.45) is 5.73 Å². The second kappa shape index (κ2) is 9.09. The minimum absolute atomic E-state index is 0.530. The molecule has 0 fully saturated rings. The third kappa shape index (κ3) is 6.10. The SMILES string of the molecule is CCC(O)N(CCCCCN)C(O)CC. The van der Waals surface area contributed by atoms with Crippen molar-refractivity contribution in [3.8, 4) is 0 Å². The summed E-state index contributed by atoms with van der Waals surface area (Å²) < 4.78 is 0. The highest BCUT2D eigenvalue weighted by molar-refractivity contribution is 4.64. The number of unbranched alkanes of at least 4 members (excludes halogenated alkanes) is 2. The molecule has 0 aliphatic heterocycles. The van der Waals surface area contributed by atoms with Gasteiger partial charge in [-0.1, -0.05) is 20.3 Å². The summed E-state index contributed by atoms with van der Waals surface area (Å²) in [6.45, 7) is 5.29. The van der Waals surface area contributed by atoms with E-state index < -0.39 is 12.5 Å². The fourth-order valence-electron chi connectivity index (χ4n) is 1.58. The maximum absolute atomic E-state index is 9.72. The van der Waals surface area contributed by atoms with Crippen LogP contribution in [0.25, 0.3) is 0 Å². The number of nitrogens with two attached hydrogens (primary N) is 1. The maximum Gasteiger partial charge on any atom is 0.109 e. The maximum atomic E-state index is 9.72. The van der Waals surface area contributed by atoms with Gasteiger partial charge < -0.3 is 15.9 Å². The van der Waals surface area contributed by atoms with Crippen LogP contribution >= 0.6 is 0 Å². The molecular formula is C11H26N2O2. The van der Waals surface area contributed by atoms with E-state index in [0.29, 0.717) is 19.4 Å². The molecule has 0 aromatic heterocycles. The number of rotatable bonds is 9. The smallest absolute Gasteiger partial charge is 0.109 e. The van der Waals surface area contributed by atoms with Crippen molar-refractivity contribution in [1.82, 2.24) is 4.90 Å². The number of aliphatic hydroxyl groups excluding tert-OH is 2. The molecule has 4 N–H and O–H groups in total. The van der Waals surface area contributed by atoms with E-state index in [9.17, 15) is 10.2 Å². The normalized spacial score (nSPS) is 15.6. The summed E-state index contributed by atoms with van der Waals surface area (Å²) in [5, 5.41) is 19.4. The van der Waals surface area contributed by atoms with Crippen molar-refractivity contribution in [1.29, 1.82) is 0 Å². The quantitative estimate of drug-likeness (QED) is 0.397. The van der Waals surface area contributed by atoms with Gasteiger partial charge in [0.25, 0.3) is 0 Å². The summed E-state index contributed by atoms with van der Waals surface area (Å²) in [6, 6.07) is 0. The first kappa shape index (κ1) is 14.8. The largest absolute Gasteiger partial charge is 0.378 e. The molecule has 4 nitrogen and oxygen atoms in total. The molecule has 2 unspecified atom stereocenters. The number of hydrogen-bond donors (Lipinski definition) is 3. The van der Waals surface area contributed by atoms with Crippen LogP contribution in [-0.2, 0) is 0 Å². The van der Waals surface area contributed by atoms with Crippen LogP contribution in [0.1, 0.15) is 46.0 Å². The van der Waals surface area contributed by atoms with Crippen molar-refractivity contribution in [3.05, 3.63) is 0 Å². The van der Waals surface area contributed by atoms with Gasteiger partial charge in [0.05, 0.1) is 0 Å². The zero-order valence-electron chi connectivity index (χ0n) is 10.0. The van der Waals surface area contributed by atoms with Gasteiger partial charge >= 0.3 is 0 Å². The summed E-state index contributed by atoms with van der Waals surface area (Å²) >= 11 is 0. The second-order valence-corrected chi connectivity index (χ2v) is 3.86. The van der Waals surface area contributed by atoms with Gasteiger partial charge in [-0.05, 0) is 32.2 Å². The van der Waals surface area contributed by atoms with Gasteiger partial charge in [0.2, 0.25) is 0 Å². The van der Waals surface area contributed by atoms with Crippen LogP contribution in [0.15, 0.2) is 0 Å². The molecule has 0 aromatic rings. The van der Waals surface area contributed by atoms with E-state index in [2.05, 4.69) is 0 Å². The second-order valence-electron chi connectivity index (χ2n) is 3.86. The molecule has 0 spiro atoms. The van der Waals surface area contributed by atoms with Crippen molar-refractivity contribution < 1.29 is 10.2 Å². The van der Waals surface area contributed by atoms with Gasteiger partial charge in [-0.25, -0.2) is 0 Å². The highest BCUT2D eigenvalue weighted by atomic mass is 16.3. The van der Waals surface area contributed by atoms with Gasteiger partial charge in [0.1, 0.15) is 12.5 Å². The monoisotopic (exact) mass is 218 g/mol. The molecule has 0 aromatic carbocycles. The van der Waals surface area contributed by atoms with E-state index in [4.69, 9.17) is 5.73 Å². The standard InChI is InChI=1S/C11H26N2O2/c1-3-10(14)13(11(15)4-2)9-7-5-6-8-12/h10-11,14-15H,3-9,12H2,1-2H3. The minimum Gasteiger partial charge on any atom is -0.378 e. The average molecular weight is 218 g/mol. The molecule has 0 heterocycles. The molecule has 0 bridgehead atoms. The van der Waals surface area contributed by atoms with E-state index in [-0.39, 0.29) is 0 Å². The van der Waals surface area contributed by atoms with Crippen LogP contribution in [0.2, 0.25) is 0 Å². The Morgan fingerprint density at radius 3 is 1.93 bits per heavy atom. The topological polar surface area (TPSA) is 69.7 Å². The minimum atomic E-state index is -0.530. The molecule has 0 saturated heterocycles. The Morgan fingerprint density at radius 1 is 1.00 bits per heavy atom. The van der Waals surface area contributed by atoms with Crippen LogP contribution in [-0.4, -0.2) is 40.7 Å². The average Bonchev–Trinajstić information content (AvgIpc) is 2.27. The van der Waals surface area contributed by atoms with E-state index in [0.717, 1.165) is 25.8 Å². The van der Waals surface area contributed by atoms with Crippen LogP contribution in [0.3, 0.4) is 0 Å².